The molecule has 0 spiro atoms. The second kappa shape index (κ2) is 8.29. The van der Waals surface area contributed by atoms with Gasteiger partial charge in [0.2, 0.25) is 0 Å². The maximum Gasteiger partial charge on any atom is 0.315 e. The molecule has 1 aromatic heterocycles. The Morgan fingerprint density at radius 3 is 2.50 bits per heavy atom. The van der Waals surface area contributed by atoms with Gasteiger partial charge in [0.25, 0.3) is 0 Å². The largest absolute Gasteiger partial charge is 0.338 e. The van der Waals surface area contributed by atoms with Crippen molar-refractivity contribution in [2.45, 2.75) is 52.0 Å². The molecule has 1 heterocycles. The van der Waals surface area contributed by atoms with Gasteiger partial charge < -0.3 is 10.6 Å². The van der Waals surface area contributed by atoms with Gasteiger partial charge in [-0.2, -0.15) is 0 Å². The summed E-state index contributed by atoms with van der Waals surface area (Å²) in [4.78, 5) is 16.6. The van der Waals surface area contributed by atoms with E-state index in [2.05, 4.69) is 55.4 Å². The number of rotatable bonds is 6. The summed E-state index contributed by atoms with van der Waals surface area (Å²) in [5.74, 6) is 0.337. The van der Waals surface area contributed by atoms with Crippen molar-refractivity contribution in [3.05, 3.63) is 52.0 Å². The van der Waals surface area contributed by atoms with Crippen molar-refractivity contribution in [2.24, 2.45) is 0 Å². The molecular weight excluding hydrogens is 318 g/mol. The fraction of sp³-hybridized carbons (Fsp3) is 0.474. The van der Waals surface area contributed by atoms with Crippen LogP contribution in [0.2, 0.25) is 0 Å². The van der Waals surface area contributed by atoms with Crippen LogP contribution in [-0.2, 0) is 12.0 Å². The summed E-state index contributed by atoms with van der Waals surface area (Å²) in [5.41, 5.74) is 2.22. The number of carbonyl (C=O) groups is 1. The number of amides is 2. The molecule has 0 aliphatic carbocycles. The Morgan fingerprint density at radius 2 is 1.92 bits per heavy atom. The molecule has 0 bridgehead atoms. The molecule has 1 aromatic carbocycles. The normalized spacial score (nSPS) is 12.7. The van der Waals surface area contributed by atoms with Gasteiger partial charge in [-0.1, -0.05) is 58.0 Å². The van der Waals surface area contributed by atoms with Crippen LogP contribution in [0.5, 0.6) is 0 Å². The molecule has 1 atom stereocenters. The van der Waals surface area contributed by atoms with Crippen LogP contribution < -0.4 is 10.6 Å². The zero-order chi connectivity index (χ0) is 17.6. The molecule has 2 amide bonds. The number of carbonyl (C=O) groups excluding carboxylic acids is 1. The van der Waals surface area contributed by atoms with Gasteiger partial charge in [0.15, 0.2) is 0 Å². The Balaban J connectivity index is 1.80. The highest BCUT2D eigenvalue weighted by Crippen LogP contribution is 2.25. The fourth-order valence-electron chi connectivity index (χ4n) is 2.40. The highest BCUT2D eigenvalue weighted by Gasteiger charge is 2.18. The molecule has 0 saturated carbocycles. The molecular formula is C19H27N3OS. The minimum atomic E-state index is -0.144. The summed E-state index contributed by atoms with van der Waals surface area (Å²) < 4.78 is 0. The van der Waals surface area contributed by atoms with Crippen LogP contribution in [0.15, 0.2) is 35.7 Å². The van der Waals surface area contributed by atoms with Crippen LogP contribution in [-0.4, -0.2) is 17.6 Å². The van der Waals surface area contributed by atoms with Crippen molar-refractivity contribution >= 4 is 17.4 Å². The van der Waals surface area contributed by atoms with E-state index in [0.29, 0.717) is 19.0 Å². The van der Waals surface area contributed by atoms with Gasteiger partial charge in [-0.3, -0.25) is 0 Å². The van der Waals surface area contributed by atoms with E-state index in [1.165, 1.54) is 5.56 Å². The molecule has 130 valence electrons. The van der Waals surface area contributed by atoms with E-state index < -0.39 is 0 Å². The van der Waals surface area contributed by atoms with Crippen molar-refractivity contribution < 1.29 is 4.79 Å². The average molecular weight is 346 g/mol. The van der Waals surface area contributed by atoms with E-state index in [0.717, 1.165) is 17.1 Å². The zero-order valence-electron chi connectivity index (χ0n) is 14.9. The Kier molecular flexibility index (Phi) is 6.37. The number of nitrogens with zero attached hydrogens (tertiary/aromatic N) is 1. The summed E-state index contributed by atoms with van der Waals surface area (Å²) >= 11 is 1.64. The SMILES string of the molecule is CCC(CNC(=O)NCc1csc(C(C)(C)C)n1)c1ccccc1. The summed E-state index contributed by atoms with van der Waals surface area (Å²) in [7, 11) is 0. The van der Waals surface area contributed by atoms with Crippen molar-refractivity contribution in [1.29, 1.82) is 0 Å². The molecule has 0 fully saturated rings. The third-order valence-corrected chi connectivity index (χ3v) is 5.21. The molecule has 0 radical (unpaired) electrons. The maximum absolute atomic E-state index is 12.0. The maximum atomic E-state index is 12.0. The van der Waals surface area contributed by atoms with E-state index in [4.69, 9.17) is 0 Å². The Labute approximate surface area is 148 Å². The first-order valence-corrected chi connectivity index (χ1v) is 9.29. The number of urea groups is 1. The minimum Gasteiger partial charge on any atom is -0.338 e. The molecule has 2 rings (SSSR count). The molecule has 1 unspecified atom stereocenters. The van der Waals surface area contributed by atoms with E-state index in [-0.39, 0.29) is 11.4 Å². The second-order valence-electron chi connectivity index (χ2n) is 6.97. The van der Waals surface area contributed by atoms with Crippen LogP contribution in [0.4, 0.5) is 4.79 Å². The van der Waals surface area contributed by atoms with Crippen LogP contribution in [0.3, 0.4) is 0 Å². The zero-order valence-corrected chi connectivity index (χ0v) is 15.7. The van der Waals surface area contributed by atoms with Gasteiger partial charge in [0.1, 0.15) is 0 Å². The summed E-state index contributed by atoms with van der Waals surface area (Å²) in [5, 5.41) is 8.96. The Bertz CT molecular complexity index is 646. The van der Waals surface area contributed by atoms with E-state index in [9.17, 15) is 4.79 Å². The molecule has 2 aromatic rings. The average Bonchev–Trinajstić information content (AvgIpc) is 3.04. The molecule has 2 N–H and O–H groups in total. The number of hydrogen-bond acceptors (Lipinski definition) is 3. The monoisotopic (exact) mass is 345 g/mol. The van der Waals surface area contributed by atoms with E-state index in [1.54, 1.807) is 11.3 Å². The first-order chi connectivity index (χ1) is 11.4. The number of aromatic nitrogens is 1. The number of benzene rings is 1. The van der Waals surface area contributed by atoms with Gasteiger partial charge >= 0.3 is 6.03 Å². The van der Waals surface area contributed by atoms with Crippen molar-refractivity contribution in [3.8, 4) is 0 Å². The van der Waals surface area contributed by atoms with Crippen molar-refractivity contribution in [2.75, 3.05) is 6.54 Å². The molecule has 0 aliphatic heterocycles. The quantitative estimate of drug-likeness (QED) is 0.813. The lowest BCUT2D eigenvalue weighted by atomic mass is 9.97. The van der Waals surface area contributed by atoms with Crippen LogP contribution in [0.1, 0.15) is 56.3 Å². The highest BCUT2D eigenvalue weighted by atomic mass is 32.1. The van der Waals surface area contributed by atoms with E-state index >= 15 is 0 Å². The Morgan fingerprint density at radius 1 is 1.21 bits per heavy atom. The lowest BCUT2D eigenvalue weighted by Gasteiger charge is -2.16. The molecule has 5 heteroatoms. The van der Waals surface area contributed by atoms with Crippen molar-refractivity contribution in [1.82, 2.24) is 15.6 Å². The fourth-order valence-corrected chi connectivity index (χ4v) is 3.31. The van der Waals surface area contributed by atoms with Gasteiger partial charge in [-0.25, -0.2) is 9.78 Å². The highest BCUT2D eigenvalue weighted by molar-refractivity contribution is 7.09. The smallest absolute Gasteiger partial charge is 0.315 e. The van der Waals surface area contributed by atoms with Crippen LogP contribution >= 0.6 is 11.3 Å². The lowest BCUT2D eigenvalue weighted by Crippen LogP contribution is -2.37. The summed E-state index contributed by atoms with van der Waals surface area (Å²) in [6.07, 6.45) is 0.991. The Hall–Kier alpha value is -1.88. The molecule has 4 nitrogen and oxygen atoms in total. The molecule has 0 aliphatic rings. The first kappa shape index (κ1) is 18.5. The first-order valence-electron chi connectivity index (χ1n) is 8.41. The molecule has 0 saturated heterocycles. The number of nitrogens with one attached hydrogen (secondary N) is 2. The van der Waals surface area contributed by atoms with Crippen LogP contribution in [0, 0.1) is 0 Å². The number of hydrogen-bond donors (Lipinski definition) is 2. The minimum absolute atomic E-state index is 0.0508. The summed E-state index contributed by atoms with van der Waals surface area (Å²) in [6.45, 7) is 9.66. The van der Waals surface area contributed by atoms with Crippen molar-refractivity contribution in [3.63, 3.8) is 0 Å². The third kappa shape index (κ3) is 5.34. The van der Waals surface area contributed by atoms with Gasteiger partial charge in [0.05, 0.1) is 17.2 Å². The van der Waals surface area contributed by atoms with Gasteiger partial charge in [0, 0.05) is 23.3 Å². The lowest BCUT2D eigenvalue weighted by molar-refractivity contribution is 0.239. The molecule has 24 heavy (non-hydrogen) atoms. The van der Waals surface area contributed by atoms with Gasteiger partial charge in [-0.15, -0.1) is 11.3 Å². The predicted octanol–water partition coefficient (Wildman–Crippen LogP) is 4.43. The van der Waals surface area contributed by atoms with E-state index in [1.807, 2.05) is 23.6 Å². The topological polar surface area (TPSA) is 54.0 Å². The summed E-state index contributed by atoms with van der Waals surface area (Å²) in [6, 6.07) is 10.2. The van der Waals surface area contributed by atoms with Crippen LogP contribution in [0.25, 0.3) is 0 Å². The second-order valence-corrected chi connectivity index (χ2v) is 7.83. The predicted molar refractivity (Wildman–Crippen MR) is 101 cm³/mol. The standard InChI is InChI=1S/C19H27N3OS/c1-5-14(15-9-7-6-8-10-15)11-20-18(23)21-12-16-13-24-17(22-16)19(2,3)4/h6-10,13-14H,5,11-12H2,1-4H3,(H2,20,21,23). The van der Waals surface area contributed by atoms with Gasteiger partial charge in [-0.05, 0) is 12.0 Å². The third-order valence-electron chi connectivity index (χ3n) is 3.90. The number of thiazole rings is 1.